The predicted molar refractivity (Wildman–Crippen MR) is 134 cm³/mol. The number of carbonyl (C=O) groups is 3. The highest BCUT2D eigenvalue weighted by Gasteiger charge is 2.32. The van der Waals surface area contributed by atoms with Gasteiger partial charge in [0.25, 0.3) is 0 Å². The number of nitrogens with one attached hydrogen (secondary N) is 3. The molecule has 172 valence electrons. The van der Waals surface area contributed by atoms with Crippen molar-refractivity contribution in [2.75, 3.05) is 10.6 Å². The predicted octanol–water partition coefficient (Wildman–Crippen LogP) is 4.27. The molecule has 3 rings (SSSR count). The number of carbonyl (C=O) groups excluding carboxylic acids is 3. The van der Waals surface area contributed by atoms with Crippen LogP contribution in [0.5, 0.6) is 0 Å². The van der Waals surface area contributed by atoms with E-state index >= 15 is 0 Å². The summed E-state index contributed by atoms with van der Waals surface area (Å²) >= 11 is 7.00. The maximum Gasteiger partial charge on any atom is 0.240 e. The molecule has 3 amide bonds. The van der Waals surface area contributed by atoms with Gasteiger partial charge in [0.2, 0.25) is 17.7 Å². The number of benzene rings is 2. The van der Waals surface area contributed by atoms with Crippen LogP contribution in [0, 0.1) is 5.92 Å². The smallest absolute Gasteiger partial charge is 0.240 e. The second kappa shape index (κ2) is 11.1. The van der Waals surface area contributed by atoms with Crippen molar-refractivity contribution in [3.63, 3.8) is 0 Å². The maximum atomic E-state index is 12.3. The lowest BCUT2D eigenvalue weighted by Gasteiger charge is -2.09. The molecular formula is C23H24ClN5O3S. The van der Waals surface area contributed by atoms with E-state index < -0.39 is 5.25 Å². The molecule has 0 spiro atoms. The van der Waals surface area contributed by atoms with E-state index in [9.17, 15) is 14.4 Å². The Bertz CT molecular complexity index is 1120. The first kappa shape index (κ1) is 24.5. The van der Waals surface area contributed by atoms with Gasteiger partial charge in [0, 0.05) is 28.7 Å². The molecule has 0 aromatic heterocycles. The van der Waals surface area contributed by atoms with Crippen molar-refractivity contribution >= 4 is 63.3 Å². The third-order valence-corrected chi connectivity index (χ3v) is 5.96. The van der Waals surface area contributed by atoms with E-state index in [2.05, 4.69) is 26.2 Å². The number of rotatable bonds is 7. The highest BCUT2D eigenvalue weighted by atomic mass is 35.5. The molecule has 10 heteroatoms. The Morgan fingerprint density at radius 2 is 1.85 bits per heavy atom. The Labute approximate surface area is 201 Å². The molecule has 1 heterocycles. The lowest BCUT2D eigenvalue weighted by Crippen LogP contribution is -2.28. The van der Waals surface area contributed by atoms with Crippen LogP contribution in [0.15, 0.2) is 58.7 Å². The quantitative estimate of drug-likeness (QED) is 0.401. The van der Waals surface area contributed by atoms with Crippen molar-refractivity contribution in [2.24, 2.45) is 16.1 Å². The molecule has 8 nitrogen and oxygen atoms in total. The average molecular weight is 486 g/mol. The number of hydrogen-bond donors (Lipinski definition) is 3. The van der Waals surface area contributed by atoms with E-state index in [0.29, 0.717) is 27.3 Å². The standard InChI is InChI=1S/C23H24ClN5O3S/c1-13(2)21(31)26-18-6-4-5-15(11-18)14(3)28-29-23-27-22(32)19(33-23)12-20(30)25-17-9-7-16(24)8-10-17/h4-11,13,19H,12H2,1-3H3,(H,25,30)(H,26,31)(H,27,29,32)/b28-14-. The molecule has 2 aromatic carbocycles. The minimum absolute atomic E-state index is 0.00155. The van der Waals surface area contributed by atoms with Crippen molar-refractivity contribution in [1.29, 1.82) is 0 Å². The molecule has 33 heavy (non-hydrogen) atoms. The molecule has 2 aromatic rings. The van der Waals surface area contributed by atoms with E-state index in [-0.39, 0.29) is 30.1 Å². The Morgan fingerprint density at radius 3 is 2.55 bits per heavy atom. The summed E-state index contributed by atoms with van der Waals surface area (Å²) in [6.07, 6.45) is -0.00155. The normalized spacial score (nSPS) is 17.2. The van der Waals surface area contributed by atoms with Gasteiger partial charge in [0.05, 0.1) is 5.71 Å². The van der Waals surface area contributed by atoms with E-state index in [1.807, 2.05) is 32.0 Å². The average Bonchev–Trinajstić information content (AvgIpc) is 3.12. The monoisotopic (exact) mass is 485 g/mol. The molecule has 1 atom stereocenters. The molecule has 1 fully saturated rings. The third kappa shape index (κ3) is 7.16. The van der Waals surface area contributed by atoms with Crippen molar-refractivity contribution in [1.82, 2.24) is 5.32 Å². The second-order valence-electron chi connectivity index (χ2n) is 7.67. The van der Waals surface area contributed by atoms with Gasteiger partial charge in [-0.05, 0) is 48.9 Å². The fourth-order valence-corrected chi connectivity index (χ4v) is 3.83. The number of thioether (sulfide) groups is 1. The molecule has 1 saturated heterocycles. The van der Waals surface area contributed by atoms with Crippen molar-refractivity contribution in [2.45, 2.75) is 32.4 Å². The third-order valence-electron chi connectivity index (χ3n) is 4.64. The van der Waals surface area contributed by atoms with Crippen LogP contribution in [0.4, 0.5) is 11.4 Å². The summed E-state index contributed by atoms with van der Waals surface area (Å²) in [7, 11) is 0. The summed E-state index contributed by atoms with van der Waals surface area (Å²) in [6, 6.07) is 14.0. The van der Waals surface area contributed by atoms with Crippen LogP contribution in [-0.2, 0) is 14.4 Å². The number of amides is 3. The molecule has 1 aliphatic heterocycles. The molecule has 0 aliphatic carbocycles. The molecule has 3 N–H and O–H groups in total. The zero-order valence-corrected chi connectivity index (χ0v) is 20.0. The Balaban J connectivity index is 1.60. The highest BCUT2D eigenvalue weighted by molar-refractivity contribution is 8.15. The minimum atomic E-state index is -0.596. The number of anilines is 2. The van der Waals surface area contributed by atoms with Gasteiger partial charge >= 0.3 is 0 Å². The van der Waals surface area contributed by atoms with Crippen LogP contribution in [0.25, 0.3) is 0 Å². The van der Waals surface area contributed by atoms with E-state index in [0.717, 1.165) is 17.3 Å². The summed E-state index contributed by atoms with van der Waals surface area (Å²) < 4.78 is 0. The molecule has 0 radical (unpaired) electrons. The van der Waals surface area contributed by atoms with Crippen molar-refractivity contribution in [3.8, 4) is 0 Å². The van der Waals surface area contributed by atoms with E-state index in [4.69, 9.17) is 11.6 Å². The van der Waals surface area contributed by atoms with Crippen molar-refractivity contribution < 1.29 is 14.4 Å². The zero-order chi connectivity index (χ0) is 24.0. The van der Waals surface area contributed by atoms with Gasteiger partial charge in [-0.3, -0.25) is 14.4 Å². The molecule has 0 bridgehead atoms. The lowest BCUT2D eigenvalue weighted by atomic mass is 10.1. The minimum Gasteiger partial charge on any atom is -0.326 e. The van der Waals surface area contributed by atoms with Crippen LogP contribution in [-0.4, -0.2) is 33.9 Å². The van der Waals surface area contributed by atoms with E-state index in [1.54, 1.807) is 37.3 Å². The first-order valence-electron chi connectivity index (χ1n) is 10.3. The van der Waals surface area contributed by atoms with Crippen molar-refractivity contribution in [3.05, 3.63) is 59.1 Å². The van der Waals surface area contributed by atoms with Crippen LogP contribution in [0.3, 0.4) is 0 Å². The Hall–Kier alpha value is -3.17. The number of hydrogen-bond acceptors (Lipinski definition) is 6. The van der Waals surface area contributed by atoms with E-state index in [1.165, 1.54) is 0 Å². The fraction of sp³-hybridized carbons (Fsp3) is 0.261. The highest BCUT2D eigenvalue weighted by Crippen LogP contribution is 2.23. The molecule has 1 unspecified atom stereocenters. The van der Waals surface area contributed by atoms with Gasteiger partial charge in [0.15, 0.2) is 5.17 Å². The topological polar surface area (TPSA) is 112 Å². The molecular weight excluding hydrogens is 462 g/mol. The van der Waals surface area contributed by atoms with Crippen LogP contribution in [0.2, 0.25) is 5.02 Å². The number of nitrogens with zero attached hydrogens (tertiary/aromatic N) is 2. The number of amidine groups is 1. The zero-order valence-electron chi connectivity index (χ0n) is 18.4. The second-order valence-corrected chi connectivity index (χ2v) is 9.30. The first-order valence-corrected chi connectivity index (χ1v) is 11.5. The van der Waals surface area contributed by atoms with Gasteiger partial charge in [-0.15, -0.1) is 5.10 Å². The van der Waals surface area contributed by atoms with Gasteiger partial charge in [-0.25, -0.2) is 0 Å². The van der Waals surface area contributed by atoms with Gasteiger partial charge in [-0.2, -0.15) is 5.10 Å². The maximum absolute atomic E-state index is 12.3. The van der Waals surface area contributed by atoms with Crippen LogP contribution < -0.4 is 16.0 Å². The Morgan fingerprint density at radius 1 is 1.12 bits per heavy atom. The fourth-order valence-electron chi connectivity index (χ4n) is 2.79. The van der Waals surface area contributed by atoms with Gasteiger partial charge in [0.1, 0.15) is 5.25 Å². The van der Waals surface area contributed by atoms with Gasteiger partial charge < -0.3 is 16.0 Å². The summed E-state index contributed by atoms with van der Waals surface area (Å²) in [4.78, 5) is 36.4. The number of halogens is 1. The lowest BCUT2D eigenvalue weighted by molar-refractivity contribution is -0.122. The van der Waals surface area contributed by atoms with Crippen LogP contribution >= 0.6 is 23.4 Å². The summed E-state index contributed by atoms with van der Waals surface area (Å²) in [5.74, 6) is -0.778. The molecule has 1 aliphatic rings. The summed E-state index contributed by atoms with van der Waals surface area (Å²) in [5.41, 5.74) is 2.67. The SMILES string of the molecule is C/C(=N/N=C1\NC(=O)C(CC(=O)Nc2ccc(Cl)cc2)S1)c1cccc(NC(=O)C(C)C)c1. The Kier molecular flexibility index (Phi) is 8.24. The molecule has 0 saturated carbocycles. The summed E-state index contributed by atoms with van der Waals surface area (Å²) in [6.45, 7) is 5.43. The largest absolute Gasteiger partial charge is 0.326 e. The first-order chi connectivity index (χ1) is 15.7. The van der Waals surface area contributed by atoms with Gasteiger partial charge in [-0.1, -0.05) is 49.3 Å². The summed E-state index contributed by atoms with van der Waals surface area (Å²) in [5, 5.41) is 16.9. The van der Waals surface area contributed by atoms with Crippen LogP contribution in [0.1, 0.15) is 32.8 Å².